The molecule has 0 saturated carbocycles. The molecule has 1 atom stereocenters. The van der Waals surface area contributed by atoms with Gasteiger partial charge in [0, 0.05) is 18.0 Å². The fourth-order valence-corrected chi connectivity index (χ4v) is 1.87. The van der Waals surface area contributed by atoms with Gasteiger partial charge in [-0.25, -0.2) is 14.4 Å². The van der Waals surface area contributed by atoms with Crippen LogP contribution in [-0.2, 0) is 5.54 Å². The quantitative estimate of drug-likeness (QED) is 0.856. The molecule has 0 aliphatic carbocycles. The molecule has 20 heavy (non-hydrogen) atoms. The van der Waals surface area contributed by atoms with Crippen LogP contribution < -0.4 is 4.74 Å². The predicted molar refractivity (Wildman–Crippen MR) is 69.0 cm³/mol. The molecule has 7 heteroatoms. The molecule has 6 nitrogen and oxygen atoms in total. The first-order valence-corrected chi connectivity index (χ1v) is 5.91. The Morgan fingerprint density at radius 1 is 1.10 bits per heavy atom. The van der Waals surface area contributed by atoms with E-state index in [1.807, 2.05) is 0 Å². The van der Waals surface area contributed by atoms with Crippen LogP contribution in [0.5, 0.6) is 6.01 Å². The van der Waals surface area contributed by atoms with Crippen LogP contribution in [0.3, 0.4) is 0 Å². The van der Waals surface area contributed by atoms with Crippen LogP contribution in [-0.4, -0.2) is 22.8 Å². The lowest BCUT2D eigenvalue weighted by atomic mass is 9.92. The molecule has 0 saturated heterocycles. The Bertz CT molecular complexity index is 647. The fourth-order valence-electron chi connectivity index (χ4n) is 1.87. The summed E-state index contributed by atoms with van der Waals surface area (Å²) < 4.78 is 19.4. The van der Waals surface area contributed by atoms with E-state index in [-0.39, 0.29) is 12.6 Å². The Morgan fingerprint density at radius 3 is 2.60 bits per heavy atom. The van der Waals surface area contributed by atoms with Crippen molar-refractivity contribution in [2.24, 2.45) is 15.4 Å². The highest BCUT2D eigenvalue weighted by Crippen LogP contribution is 2.30. The van der Waals surface area contributed by atoms with Gasteiger partial charge >= 0.3 is 6.01 Å². The van der Waals surface area contributed by atoms with Gasteiger partial charge in [-0.1, -0.05) is 18.2 Å². The zero-order chi connectivity index (χ0) is 13.8. The third-order valence-electron chi connectivity index (χ3n) is 2.85. The summed E-state index contributed by atoms with van der Waals surface area (Å²) in [4.78, 5) is 7.89. The SMILES string of the molecule is Fc1ccccc1C1(COc2ncccn2)C=NN=N1. The molecule has 1 unspecified atom stereocenters. The summed E-state index contributed by atoms with van der Waals surface area (Å²) in [5.74, 6) is -0.391. The highest BCUT2D eigenvalue weighted by molar-refractivity contribution is 5.74. The van der Waals surface area contributed by atoms with Crippen LogP contribution in [0.25, 0.3) is 0 Å². The summed E-state index contributed by atoms with van der Waals surface area (Å²) in [5, 5.41) is 11.3. The minimum absolute atomic E-state index is 0.0188. The van der Waals surface area contributed by atoms with Gasteiger partial charge in [0.05, 0.1) is 6.21 Å². The largest absolute Gasteiger partial charge is 0.460 e. The van der Waals surface area contributed by atoms with E-state index >= 15 is 0 Å². The molecule has 1 aliphatic heterocycles. The summed E-state index contributed by atoms with van der Waals surface area (Å²) in [6.07, 6.45) is 4.57. The minimum Gasteiger partial charge on any atom is -0.460 e. The molecule has 1 aliphatic rings. The van der Waals surface area contributed by atoms with E-state index in [0.717, 1.165) is 0 Å². The molecule has 2 aromatic rings. The Morgan fingerprint density at radius 2 is 1.90 bits per heavy atom. The van der Waals surface area contributed by atoms with Crippen LogP contribution >= 0.6 is 0 Å². The van der Waals surface area contributed by atoms with Crippen LogP contribution in [0.1, 0.15) is 5.56 Å². The molecule has 0 amide bonds. The number of ether oxygens (including phenoxy) is 1. The molecule has 0 fully saturated rings. The van der Waals surface area contributed by atoms with Gasteiger partial charge in [0.1, 0.15) is 12.4 Å². The van der Waals surface area contributed by atoms with Crippen molar-refractivity contribution in [2.75, 3.05) is 6.61 Å². The highest BCUT2D eigenvalue weighted by atomic mass is 19.1. The lowest BCUT2D eigenvalue weighted by Crippen LogP contribution is -2.32. The lowest BCUT2D eigenvalue weighted by Gasteiger charge is -2.21. The van der Waals surface area contributed by atoms with Crippen molar-refractivity contribution in [2.45, 2.75) is 5.54 Å². The smallest absolute Gasteiger partial charge is 0.316 e. The molecular formula is C13H10FN5O. The topological polar surface area (TPSA) is 72.1 Å². The predicted octanol–water partition coefficient (Wildman–Crippen LogP) is 2.34. The molecule has 0 spiro atoms. The van der Waals surface area contributed by atoms with E-state index < -0.39 is 11.4 Å². The zero-order valence-corrected chi connectivity index (χ0v) is 10.3. The van der Waals surface area contributed by atoms with Gasteiger partial charge in [0.15, 0.2) is 5.54 Å². The van der Waals surface area contributed by atoms with Crippen molar-refractivity contribution < 1.29 is 9.13 Å². The van der Waals surface area contributed by atoms with Gasteiger partial charge in [0.2, 0.25) is 0 Å². The van der Waals surface area contributed by atoms with Gasteiger partial charge in [-0.15, -0.1) is 10.2 Å². The Kier molecular flexibility index (Phi) is 3.16. The fraction of sp³-hybridized carbons (Fsp3) is 0.154. The maximum Gasteiger partial charge on any atom is 0.316 e. The third-order valence-corrected chi connectivity index (χ3v) is 2.85. The molecule has 1 aromatic carbocycles. The molecule has 0 bridgehead atoms. The van der Waals surface area contributed by atoms with Crippen LogP contribution in [0.15, 0.2) is 58.2 Å². The second kappa shape index (κ2) is 5.12. The van der Waals surface area contributed by atoms with E-state index in [1.165, 1.54) is 12.3 Å². The first kappa shape index (κ1) is 12.3. The molecular weight excluding hydrogens is 261 g/mol. The van der Waals surface area contributed by atoms with Gasteiger partial charge in [-0.3, -0.25) is 0 Å². The van der Waals surface area contributed by atoms with Gasteiger partial charge < -0.3 is 4.74 Å². The zero-order valence-electron chi connectivity index (χ0n) is 10.3. The Labute approximate surface area is 114 Å². The first-order chi connectivity index (χ1) is 9.80. The monoisotopic (exact) mass is 271 g/mol. The van der Waals surface area contributed by atoms with E-state index in [1.54, 1.807) is 36.7 Å². The number of halogens is 1. The van der Waals surface area contributed by atoms with Gasteiger partial charge in [-0.05, 0) is 17.4 Å². The van der Waals surface area contributed by atoms with Crippen molar-refractivity contribution in [1.82, 2.24) is 9.97 Å². The molecule has 1 aromatic heterocycles. The summed E-state index contributed by atoms with van der Waals surface area (Å²) >= 11 is 0. The second-order valence-corrected chi connectivity index (χ2v) is 4.16. The number of benzene rings is 1. The number of rotatable bonds is 4. The van der Waals surface area contributed by atoms with E-state index in [2.05, 4.69) is 25.4 Å². The Hall–Kier alpha value is -2.70. The number of hydrogen-bond donors (Lipinski definition) is 0. The van der Waals surface area contributed by atoms with Crippen LogP contribution in [0.2, 0.25) is 0 Å². The van der Waals surface area contributed by atoms with Gasteiger partial charge in [0.25, 0.3) is 0 Å². The first-order valence-electron chi connectivity index (χ1n) is 5.91. The minimum atomic E-state index is -1.08. The summed E-state index contributed by atoms with van der Waals surface area (Å²) in [6, 6.07) is 8.19. The van der Waals surface area contributed by atoms with Crippen LogP contribution in [0.4, 0.5) is 4.39 Å². The maximum atomic E-state index is 14.0. The average Bonchev–Trinajstić information content (AvgIpc) is 2.97. The van der Waals surface area contributed by atoms with E-state index in [0.29, 0.717) is 5.56 Å². The summed E-state index contributed by atoms with van der Waals surface area (Å²) in [7, 11) is 0. The number of aromatic nitrogens is 2. The average molecular weight is 271 g/mol. The summed E-state index contributed by atoms with van der Waals surface area (Å²) in [6.45, 7) is 0.0188. The molecule has 0 radical (unpaired) electrons. The molecule has 3 rings (SSSR count). The van der Waals surface area contributed by atoms with Crippen LogP contribution in [0, 0.1) is 5.82 Å². The van der Waals surface area contributed by atoms with E-state index in [4.69, 9.17) is 4.74 Å². The van der Waals surface area contributed by atoms with E-state index in [9.17, 15) is 4.39 Å². The number of hydrogen-bond acceptors (Lipinski definition) is 6. The van der Waals surface area contributed by atoms with Crippen molar-refractivity contribution in [3.05, 3.63) is 54.1 Å². The molecule has 0 N–H and O–H groups in total. The Balaban J connectivity index is 1.88. The summed E-state index contributed by atoms with van der Waals surface area (Å²) in [5.41, 5.74) is -0.731. The maximum absolute atomic E-state index is 14.0. The standard InChI is InChI=1S/C13H10FN5O/c14-11-5-2-1-4-10(11)13(8-17-19-18-13)9-20-12-15-6-3-7-16-12/h1-8H,9H2. The van der Waals surface area contributed by atoms with Crippen molar-refractivity contribution in [3.63, 3.8) is 0 Å². The highest BCUT2D eigenvalue weighted by Gasteiger charge is 2.37. The van der Waals surface area contributed by atoms with Crippen molar-refractivity contribution in [3.8, 4) is 6.01 Å². The second-order valence-electron chi connectivity index (χ2n) is 4.16. The van der Waals surface area contributed by atoms with Gasteiger partial charge in [-0.2, -0.15) is 0 Å². The third kappa shape index (κ3) is 2.25. The lowest BCUT2D eigenvalue weighted by molar-refractivity contribution is 0.242. The van der Waals surface area contributed by atoms with Crippen molar-refractivity contribution >= 4 is 6.21 Å². The molecule has 100 valence electrons. The molecule has 2 heterocycles. The van der Waals surface area contributed by atoms with Crippen molar-refractivity contribution in [1.29, 1.82) is 0 Å². The number of nitrogens with zero attached hydrogens (tertiary/aromatic N) is 5. The normalized spacial score (nSPS) is 20.2.